The van der Waals surface area contributed by atoms with E-state index in [1.54, 1.807) is 24.3 Å². The van der Waals surface area contributed by atoms with Gasteiger partial charge in [0.1, 0.15) is 11.9 Å². The first-order chi connectivity index (χ1) is 17.7. The monoisotopic (exact) mass is 562 g/mol. The van der Waals surface area contributed by atoms with E-state index in [0.717, 1.165) is 0 Å². The van der Waals surface area contributed by atoms with Crippen molar-refractivity contribution in [2.45, 2.75) is 12.0 Å². The molecule has 186 valence electrons. The Hall–Kier alpha value is -4.08. The van der Waals surface area contributed by atoms with Crippen molar-refractivity contribution in [3.63, 3.8) is 0 Å². The van der Waals surface area contributed by atoms with E-state index >= 15 is 0 Å². The third-order valence-corrected chi connectivity index (χ3v) is 7.41. The number of phenolic OH excluding ortho intramolecular Hbond substituents is 1. The third-order valence-electron chi connectivity index (χ3n) is 6.80. The number of ether oxygens (including phenoxy) is 1. The molecule has 0 fully saturated rings. The van der Waals surface area contributed by atoms with Crippen LogP contribution in [0, 0.1) is 5.92 Å². The van der Waals surface area contributed by atoms with E-state index in [4.69, 9.17) is 4.74 Å². The number of aliphatic hydroxyl groups is 2. The summed E-state index contributed by atoms with van der Waals surface area (Å²) in [5.41, 5.74) is -0.127. The third kappa shape index (κ3) is 3.70. The molecule has 0 saturated heterocycles. The summed E-state index contributed by atoms with van der Waals surface area (Å²) in [5, 5.41) is 32.8. The molecule has 2 aliphatic rings. The largest absolute Gasteiger partial charge is 0.507 e. The number of hydrogen-bond acceptors (Lipinski definition) is 8. The average molecular weight is 563 g/mol. The number of aromatic hydroxyl groups is 1. The smallest absolute Gasteiger partial charge is 0.234 e. The van der Waals surface area contributed by atoms with Crippen LogP contribution in [0.3, 0.4) is 0 Å². The number of aliphatic hydroxyl groups excluding tert-OH is 2. The summed E-state index contributed by atoms with van der Waals surface area (Å²) in [5.74, 6) is -7.21. The van der Waals surface area contributed by atoms with Crippen molar-refractivity contribution < 1.29 is 39.2 Å². The number of carbonyl (C=O) groups is 4. The summed E-state index contributed by atoms with van der Waals surface area (Å²) < 4.78 is 5.36. The number of methoxy groups -OCH3 is 1. The summed E-state index contributed by atoms with van der Waals surface area (Å²) in [7, 11) is 1.29. The first-order valence-corrected chi connectivity index (χ1v) is 12.0. The van der Waals surface area contributed by atoms with E-state index in [0.29, 0.717) is 0 Å². The van der Waals surface area contributed by atoms with Gasteiger partial charge in [0.15, 0.2) is 23.1 Å². The molecule has 3 atom stereocenters. The molecule has 0 aliphatic heterocycles. The number of ketones is 4. The van der Waals surface area contributed by atoms with Crippen molar-refractivity contribution >= 4 is 44.8 Å². The lowest BCUT2D eigenvalue weighted by atomic mass is 9.66. The van der Waals surface area contributed by atoms with Crippen LogP contribution in [0.5, 0.6) is 11.5 Å². The van der Waals surface area contributed by atoms with Crippen LogP contribution in [0.2, 0.25) is 0 Å². The maximum Gasteiger partial charge on any atom is 0.234 e. The second-order valence-electron chi connectivity index (χ2n) is 8.74. The van der Waals surface area contributed by atoms with Gasteiger partial charge in [0, 0.05) is 28.2 Å². The van der Waals surface area contributed by atoms with Crippen LogP contribution in [0.25, 0.3) is 5.76 Å². The number of allylic oxidation sites excluding steroid dienone is 1. The molecule has 0 aromatic heterocycles. The molecule has 3 unspecified atom stereocenters. The van der Waals surface area contributed by atoms with Gasteiger partial charge in [-0.3, -0.25) is 19.2 Å². The second kappa shape index (κ2) is 9.10. The van der Waals surface area contributed by atoms with Crippen LogP contribution in [0.1, 0.15) is 48.1 Å². The lowest BCUT2D eigenvalue weighted by Crippen LogP contribution is -2.46. The summed E-state index contributed by atoms with van der Waals surface area (Å²) in [6.07, 6.45) is -1.88. The van der Waals surface area contributed by atoms with Crippen LogP contribution in [-0.2, 0) is 4.79 Å². The second-order valence-corrected chi connectivity index (χ2v) is 9.60. The molecule has 9 heteroatoms. The van der Waals surface area contributed by atoms with Gasteiger partial charge in [-0.15, -0.1) is 0 Å². The predicted octanol–water partition coefficient (Wildman–Crippen LogP) is 4.04. The van der Waals surface area contributed by atoms with Gasteiger partial charge in [-0.1, -0.05) is 48.5 Å². The van der Waals surface area contributed by atoms with Gasteiger partial charge in [-0.25, -0.2) is 0 Å². The Morgan fingerprint density at radius 2 is 1.38 bits per heavy atom. The van der Waals surface area contributed by atoms with Gasteiger partial charge >= 0.3 is 0 Å². The van der Waals surface area contributed by atoms with Crippen LogP contribution in [0.4, 0.5) is 0 Å². The van der Waals surface area contributed by atoms with E-state index in [9.17, 15) is 34.5 Å². The normalized spacial score (nSPS) is 20.0. The van der Waals surface area contributed by atoms with E-state index in [1.165, 1.54) is 43.5 Å². The molecule has 5 rings (SSSR count). The van der Waals surface area contributed by atoms with Crippen LogP contribution in [0.15, 0.2) is 70.7 Å². The molecular formula is C28H19BrO8. The van der Waals surface area contributed by atoms with Gasteiger partial charge < -0.3 is 20.1 Å². The number of phenols is 1. The SMILES string of the molecule is COc1cc(C(C2=C(O)c3ccccc3C(=O)C2=O)C2C(=O)c3ccccc3C(=O)C2O)cc(Br)c1O. The Kier molecular flexibility index (Phi) is 6.05. The number of hydrogen-bond donors (Lipinski definition) is 3. The van der Waals surface area contributed by atoms with Crippen molar-refractivity contribution in [1.29, 1.82) is 0 Å². The molecule has 3 aromatic carbocycles. The molecule has 0 amide bonds. The average Bonchev–Trinajstić information content (AvgIpc) is 2.91. The fraction of sp³-hybridized carbons (Fsp3) is 0.143. The number of Topliss-reactive ketones (excluding diaryl/α,β-unsaturated/α-hetero) is 4. The van der Waals surface area contributed by atoms with Crippen LogP contribution in [-0.4, -0.2) is 51.7 Å². The Labute approximate surface area is 219 Å². The minimum Gasteiger partial charge on any atom is -0.507 e. The summed E-state index contributed by atoms with van der Waals surface area (Å²) in [4.78, 5) is 53.5. The lowest BCUT2D eigenvalue weighted by Gasteiger charge is -2.35. The molecule has 0 spiro atoms. The molecular weight excluding hydrogens is 544 g/mol. The quantitative estimate of drug-likeness (QED) is 0.405. The Morgan fingerprint density at radius 3 is 2.00 bits per heavy atom. The van der Waals surface area contributed by atoms with Gasteiger partial charge in [0.05, 0.1) is 23.1 Å². The van der Waals surface area contributed by atoms with Crippen molar-refractivity contribution in [2.24, 2.45) is 5.92 Å². The van der Waals surface area contributed by atoms with Crippen molar-refractivity contribution in [2.75, 3.05) is 7.11 Å². The lowest BCUT2D eigenvalue weighted by molar-refractivity contribution is -0.112. The fourth-order valence-corrected chi connectivity index (χ4v) is 5.51. The zero-order chi connectivity index (χ0) is 26.6. The van der Waals surface area contributed by atoms with E-state index in [1.807, 2.05) is 0 Å². The maximum absolute atomic E-state index is 13.8. The summed E-state index contributed by atoms with van der Waals surface area (Å²) in [6, 6.07) is 14.7. The molecule has 0 radical (unpaired) electrons. The molecule has 3 aromatic rings. The summed E-state index contributed by atoms with van der Waals surface area (Å²) >= 11 is 3.22. The van der Waals surface area contributed by atoms with Crippen molar-refractivity contribution in [3.8, 4) is 11.5 Å². The van der Waals surface area contributed by atoms with E-state index < -0.39 is 52.4 Å². The zero-order valence-electron chi connectivity index (χ0n) is 19.3. The number of benzene rings is 3. The first-order valence-electron chi connectivity index (χ1n) is 11.2. The van der Waals surface area contributed by atoms with Crippen molar-refractivity contribution in [3.05, 3.63) is 98.5 Å². The molecule has 0 bridgehead atoms. The van der Waals surface area contributed by atoms with Crippen LogP contribution < -0.4 is 4.74 Å². The van der Waals surface area contributed by atoms with E-state index in [2.05, 4.69) is 15.9 Å². The number of fused-ring (bicyclic) bond motifs is 2. The number of rotatable bonds is 4. The highest BCUT2D eigenvalue weighted by Crippen LogP contribution is 2.47. The fourth-order valence-electron chi connectivity index (χ4n) is 5.05. The van der Waals surface area contributed by atoms with E-state index in [-0.39, 0.29) is 43.8 Å². The molecule has 3 N–H and O–H groups in total. The maximum atomic E-state index is 13.8. The summed E-state index contributed by atoms with van der Waals surface area (Å²) in [6.45, 7) is 0. The minimum absolute atomic E-state index is 0.00564. The van der Waals surface area contributed by atoms with Gasteiger partial charge in [0.25, 0.3) is 0 Å². The molecule has 0 heterocycles. The number of halogens is 1. The molecule has 0 saturated carbocycles. The van der Waals surface area contributed by atoms with Crippen molar-refractivity contribution in [1.82, 2.24) is 0 Å². The minimum atomic E-state index is -1.88. The standard InChI is InChI=1S/C28H19BrO8/c1-37-18-11-12(10-17(29)26(18)34)19(20-22(30)13-6-2-4-8-15(13)24(32)27(20)35)21-23(31)14-7-3-5-9-16(14)25(33)28(21)36/h2-11,19-20,27,31,34-35H,1H3. The Balaban J connectivity index is 1.83. The topological polar surface area (TPSA) is 138 Å². The highest BCUT2D eigenvalue weighted by Gasteiger charge is 2.50. The first kappa shape index (κ1) is 24.6. The highest BCUT2D eigenvalue weighted by atomic mass is 79.9. The number of carbonyl (C=O) groups excluding carboxylic acids is 4. The Bertz CT molecular complexity index is 1550. The zero-order valence-corrected chi connectivity index (χ0v) is 20.9. The predicted molar refractivity (Wildman–Crippen MR) is 135 cm³/mol. The van der Waals surface area contributed by atoms with Gasteiger partial charge in [-0.2, -0.15) is 0 Å². The molecule has 2 aliphatic carbocycles. The Morgan fingerprint density at radius 1 is 0.811 bits per heavy atom. The molecule has 8 nitrogen and oxygen atoms in total. The van der Waals surface area contributed by atoms with Gasteiger partial charge in [0.2, 0.25) is 11.6 Å². The molecule has 37 heavy (non-hydrogen) atoms. The van der Waals surface area contributed by atoms with Crippen LogP contribution >= 0.6 is 15.9 Å². The highest BCUT2D eigenvalue weighted by molar-refractivity contribution is 9.10. The van der Waals surface area contributed by atoms with Gasteiger partial charge in [-0.05, 0) is 33.6 Å².